The van der Waals surface area contributed by atoms with Crippen LogP contribution in [0.2, 0.25) is 0 Å². The molecule has 5 heteroatoms. The van der Waals surface area contributed by atoms with Crippen LogP contribution in [0, 0.1) is 46.3 Å². The maximum Gasteiger partial charge on any atom is 0.303 e. The second-order valence-corrected chi connectivity index (χ2v) is 11.2. The molecule has 5 nitrogen and oxygen atoms in total. The average molecular weight is 407 g/mol. The molecule has 0 saturated heterocycles. The number of carboxylic acid groups (broad SMARTS) is 1. The van der Waals surface area contributed by atoms with Crippen molar-refractivity contribution >= 4 is 11.8 Å². The fourth-order valence-corrected chi connectivity index (χ4v) is 8.41. The van der Waals surface area contributed by atoms with Gasteiger partial charge in [-0.3, -0.25) is 9.59 Å². The molecule has 2 unspecified atom stereocenters. The van der Waals surface area contributed by atoms with E-state index < -0.39 is 17.5 Å². The molecule has 4 fully saturated rings. The summed E-state index contributed by atoms with van der Waals surface area (Å²) >= 11 is 0. The predicted octanol–water partition coefficient (Wildman–Crippen LogP) is 3.66. The predicted molar refractivity (Wildman–Crippen MR) is 109 cm³/mol. The van der Waals surface area contributed by atoms with Gasteiger partial charge >= 0.3 is 5.97 Å². The van der Waals surface area contributed by atoms with Crippen LogP contribution in [0.25, 0.3) is 0 Å². The highest BCUT2D eigenvalue weighted by Gasteiger charge is 2.65. The number of carbonyl (C=O) groups excluding carboxylic acids is 1. The van der Waals surface area contributed by atoms with Crippen LogP contribution < -0.4 is 0 Å². The van der Waals surface area contributed by atoms with E-state index in [9.17, 15) is 19.8 Å². The number of aliphatic carboxylic acids is 1. The SMILES string of the molecule is C[C@H](CCC(=O)O)[C@H]1CC[C@H]2[C@@H]3C(O)C[C@@H]4CC(O)CC[C@]4(C)[C@H]3CC(=O)[C@]12C. The molecule has 0 amide bonds. The van der Waals surface area contributed by atoms with E-state index in [1.54, 1.807) is 0 Å². The van der Waals surface area contributed by atoms with Gasteiger partial charge in [0.15, 0.2) is 0 Å². The molecule has 0 heterocycles. The first kappa shape index (κ1) is 21.3. The van der Waals surface area contributed by atoms with Gasteiger partial charge in [-0.15, -0.1) is 0 Å². The van der Waals surface area contributed by atoms with Crippen molar-refractivity contribution in [2.75, 3.05) is 0 Å². The summed E-state index contributed by atoms with van der Waals surface area (Å²) in [4.78, 5) is 24.7. The van der Waals surface area contributed by atoms with Crippen LogP contribution in [0.5, 0.6) is 0 Å². The molecule has 10 atom stereocenters. The molecule has 4 aliphatic rings. The third-order valence-corrected chi connectivity index (χ3v) is 10.1. The maximum atomic E-state index is 13.6. The van der Waals surface area contributed by atoms with Crippen LogP contribution in [0.4, 0.5) is 0 Å². The van der Waals surface area contributed by atoms with Gasteiger partial charge in [0.25, 0.3) is 0 Å². The lowest BCUT2D eigenvalue weighted by Crippen LogP contribution is -2.61. The van der Waals surface area contributed by atoms with E-state index in [0.717, 1.165) is 38.5 Å². The Morgan fingerprint density at radius 1 is 1.14 bits per heavy atom. The number of carboxylic acids is 1. The molecule has 0 aromatic rings. The Kier molecular flexibility index (Phi) is 5.39. The van der Waals surface area contributed by atoms with Gasteiger partial charge < -0.3 is 15.3 Å². The van der Waals surface area contributed by atoms with Crippen LogP contribution in [-0.4, -0.2) is 39.3 Å². The van der Waals surface area contributed by atoms with Gasteiger partial charge in [-0.1, -0.05) is 20.8 Å². The third kappa shape index (κ3) is 3.18. The van der Waals surface area contributed by atoms with Crippen LogP contribution in [-0.2, 0) is 9.59 Å². The van der Waals surface area contributed by atoms with Crippen molar-refractivity contribution in [2.45, 2.75) is 90.8 Å². The van der Waals surface area contributed by atoms with E-state index in [0.29, 0.717) is 24.5 Å². The van der Waals surface area contributed by atoms with Crippen molar-refractivity contribution in [3.8, 4) is 0 Å². The Morgan fingerprint density at radius 3 is 2.55 bits per heavy atom. The third-order valence-electron chi connectivity index (χ3n) is 10.1. The van der Waals surface area contributed by atoms with Gasteiger partial charge in [-0.25, -0.2) is 0 Å². The van der Waals surface area contributed by atoms with Gasteiger partial charge in [0.1, 0.15) is 5.78 Å². The fourth-order valence-electron chi connectivity index (χ4n) is 8.41. The van der Waals surface area contributed by atoms with Crippen molar-refractivity contribution < 1.29 is 24.9 Å². The van der Waals surface area contributed by atoms with Crippen molar-refractivity contribution in [3.63, 3.8) is 0 Å². The number of fused-ring (bicyclic) bond motifs is 5. The van der Waals surface area contributed by atoms with Gasteiger partial charge in [0.2, 0.25) is 0 Å². The highest BCUT2D eigenvalue weighted by Crippen LogP contribution is 2.67. The number of hydrogen-bond acceptors (Lipinski definition) is 4. The molecule has 0 spiro atoms. The topological polar surface area (TPSA) is 94.8 Å². The number of aliphatic hydroxyl groups excluding tert-OH is 2. The minimum atomic E-state index is -0.771. The van der Waals surface area contributed by atoms with Crippen molar-refractivity contribution in [3.05, 3.63) is 0 Å². The van der Waals surface area contributed by atoms with E-state index in [-0.39, 0.29) is 47.5 Å². The molecule has 4 saturated carbocycles. The van der Waals surface area contributed by atoms with Crippen LogP contribution in [0.1, 0.15) is 78.6 Å². The number of Topliss-reactive ketones (excluding diaryl/α,β-unsaturated/α-hetero) is 1. The number of carbonyl (C=O) groups is 2. The van der Waals surface area contributed by atoms with Gasteiger partial charge in [0, 0.05) is 18.3 Å². The molecule has 4 rings (SSSR count). The standard InChI is InChI=1S/C24H38O5/c1-13(4-7-21(28)29)16-5-6-17-22-18(12-20(27)24(16,17)3)23(2)9-8-15(25)10-14(23)11-19(22)26/h13-19,22,25-26H,4-12H2,1-3H3,(H,28,29)/t13-,14+,15?,16-,17+,18+,19?,22+,23+,24-/m1/s1. The molecule has 0 radical (unpaired) electrons. The zero-order chi connectivity index (χ0) is 21.1. The van der Waals surface area contributed by atoms with Crippen LogP contribution in [0.15, 0.2) is 0 Å². The molecule has 164 valence electrons. The molecular formula is C24H38O5. The zero-order valence-corrected chi connectivity index (χ0v) is 18.1. The molecule has 0 aromatic carbocycles. The maximum absolute atomic E-state index is 13.6. The minimum Gasteiger partial charge on any atom is -0.481 e. The van der Waals surface area contributed by atoms with E-state index in [1.165, 1.54) is 0 Å². The lowest BCUT2D eigenvalue weighted by atomic mass is 9.43. The molecule has 29 heavy (non-hydrogen) atoms. The summed E-state index contributed by atoms with van der Waals surface area (Å²) in [5.41, 5.74) is -0.398. The summed E-state index contributed by atoms with van der Waals surface area (Å²) in [5.74, 6) is 0.855. The Bertz CT molecular complexity index is 676. The molecular weight excluding hydrogens is 368 g/mol. The summed E-state index contributed by atoms with van der Waals surface area (Å²) in [5, 5.41) is 30.5. The lowest BCUT2D eigenvalue weighted by Gasteiger charge is -2.61. The normalized spacial score (nSPS) is 50.4. The summed E-state index contributed by atoms with van der Waals surface area (Å²) in [6, 6.07) is 0. The van der Waals surface area contributed by atoms with Crippen molar-refractivity contribution in [1.82, 2.24) is 0 Å². The number of aliphatic hydroxyl groups is 2. The zero-order valence-electron chi connectivity index (χ0n) is 18.1. The van der Waals surface area contributed by atoms with Gasteiger partial charge in [0.05, 0.1) is 12.2 Å². The largest absolute Gasteiger partial charge is 0.481 e. The van der Waals surface area contributed by atoms with Gasteiger partial charge in [-0.2, -0.15) is 0 Å². The Labute approximate surface area is 174 Å². The lowest BCUT2D eigenvalue weighted by molar-refractivity contribution is -0.181. The van der Waals surface area contributed by atoms with E-state index in [4.69, 9.17) is 5.11 Å². The Hall–Kier alpha value is -0.940. The molecule has 4 aliphatic carbocycles. The smallest absolute Gasteiger partial charge is 0.303 e. The number of hydrogen-bond donors (Lipinski definition) is 3. The number of ketones is 1. The summed E-state index contributed by atoms with van der Waals surface area (Å²) < 4.78 is 0. The molecule has 0 aromatic heterocycles. The highest BCUT2D eigenvalue weighted by molar-refractivity contribution is 5.87. The first-order valence-electron chi connectivity index (χ1n) is 11.7. The number of rotatable bonds is 4. The Balaban J connectivity index is 1.62. The molecule has 0 aliphatic heterocycles. The second-order valence-electron chi connectivity index (χ2n) is 11.2. The van der Waals surface area contributed by atoms with Gasteiger partial charge in [-0.05, 0) is 85.9 Å². The quantitative estimate of drug-likeness (QED) is 0.662. The van der Waals surface area contributed by atoms with E-state index in [2.05, 4.69) is 20.8 Å². The molecule has 0 bridgehead atoms. The summed E-state index contributed by atoms with van der Waals surface area (Å²) in [6.45, 7) is 6.54. The van der Waals surface area contributed by atoms with E-state index in [1.807, 2.05) is 0 Å². The summed E-state index contributed by atoms with van der Waals surface area (Å²) in [7, 11) is 0. The van der Waals surface area contributed by atoms with Crippen LogP contribution in [0.3, 0.4) is 0 Å². The molecule has 3 N–H and O–H groups in total. The fraction of sp³-hybridized carbons (Fsp3) is 0.917. The monoisotopic (exact) mass is 406 g/mol. The second kappa shape index (κ2) is 7.33. The Morgan fingerprint density at radius 2 is 1.86 bits per heavy atom. The van der Waals surface area contributed by atoms with Crippen LogP contribution >= 0.6 is 0 Å². The summed E-state index contributed by atoms with van der Waals surface area (Å²) in [6.07, 6.45) is 5.82. The highest BCUT2D eigenvalue weighted by atomic mass is 16.4. The van der Waals surface area contributed by atoms with Crippen molar-refractivity contribution in [2.24, 2.45) is 46.3 Å². The van der Waals surface area contributed by atoms with E-state index >= 15 is 0 Å². The average Bonchev–Trinajstić information content (AvgIpc) is 3.01. The minimum absolute atomic E-state index is 0.0348. The first-order chi connectivity index (χ1) is 13.6. The van der Waals surface area contributed by atoms with Crippen molar-refractivity contribution in [1.29, 1.82) is 0 Å². The first-order valence-corrected chi connectivity index (χ1v) is 11.7.